The Labute approximate surface area is 123 Å². The fourth-order valence-electron chi connectivity index (χ4n) is 2.51. The second-order valence-electron chi connectivity index (χ2n) is 5.03. The van der Waals surface area contributed by atoms with Crippen LogP contribution in [0.4, 0.5) is 0 Å². The zero-order valence-electron chi connectivity index (χ0n) is 11.4. The van der Waals surface area contributed by atoms with Gasteiger partial charge >= 0.3 is 5.97 Å². The van der Waals surface area contributed by atoms with Gasteiger partial charge in [-0.25, -0.2) is 8.42 Å². The van der Waals surface area contributed by atoms with Gasteiger partial charge in [-0.15, -0.1) is 0 Å². The van der Waals surface area contributed by atoms with E-state index in [-0.39, 0.29) is 12.3 Å². The summed E-state index contributed by atoms with van der Waals surface area (Å²) in [7, 11) is -3.71. The predicted octanol–water partition coefficient (Wildman–Crippen LogP) is 1.33. The third-order valence-corrected chi connectivity index (χ3v) is 5.35. The maximum atomic E-state index is 12.4. The summed E-state index contributed by atoms with van der Waals surface area (Å²) in [6.45, 7) is 0.233. The number of piperidine rings is 1. The first-order valence-corrected chi connectivity index (χ1v) is 8.26. The molecule has 6 nitrogen and oxygen atoms in total. The van der Waals surface area contributed by atoms with Crippen molar-refractivity contribution in [2.45, 2.75) is 31.1 Å². The summed E-state index contributed by atoms with van der Waals surface area (Å²) in [4.78, 5) is 11.2. The van der Waals surface area contributed by atoms with E-state index in [2.05, 4.69) is 0 Å². The highest BCUT2D eigenvalue weighted by Crippen LogP contribution is 2.23. The highest BCUT2D eigenvalue weighted by atomic mass is 32.2. The molecule has 0 unspecified atom stereocenters. The van der Waals surface area contributed by atoms with Gasteiger partial charge in [0.1, 0.15) is 6.04 Å². The van der Waals surface area contributed by atoms with Crippen molar-refractivity contribution in [2.24, 2.45) is 0 Å². The summed E-state index contributed by atoms with van der Waals surface area (Å²) in [5.74, 6) is -1.39. The minimum absolute atomic E-state index is 0.233. The van der Waals surface area contributed by atoms with Crippen LogP contribution in [0.2, 0.25) is 0 Å². The molecule has 1 aromatic rings. The summed E-state index contributed by atoms with van der Waals surface area (Å²) in [6.07, 6.45) is 1.72. The average molecular weight is 308 g/mol. The van der Waals surface area contributed by atoms with Crippen LogP contribution < -0.4 is 0 Å². The second kappa shape index (κ2) is 6.24. The Morgan fingerprint density at radius 3 is 2.86 bits per heavy atom. The maximum absolute atomic E-state index is 12.4. The number of aliphatic carboxylic acids is 1. The van der Waals surface area contributed by atoms with Crippen LogP contribution in [0.1, 0.15) is 30.4 Å². The standard InChI is InChI=1S/C14H16N2O4S/c15-9-11-4-3-5-12(8-11)10-21(19,20)16-7-2-1-6-13(16)14(17)18/h3-5,8,13H,1-2,6-7,10H2,(H,17,18)/t13-/m1/s1. The first kappa shape index (κ1) is 15.5. The zero-order valence-corrected chi connectivity index (χ0v) is 12.2. The highest BCUT2D eigenvalue weighted by Gasteiger charge is 2.36. The number of carboxylic acid groups (broad SMARTS) is 1. The molecule has 0 aliphatic carbocycles. The Hall–Kier alpha value is -1.91. The van der Waals surface area contributed by atoms with Crippen LogP contribution in [-0.4, -0.2) is 36.4 Å². The van der Waals surface area contributed by atoms with E-state index in [1.807, 2.05) is 6.07 Å². The van der Waals surface area contributed by atoms with Crippen molar-refractivity contribution in [3.05, 3.63) is 35.4 Å². The SMILES string of the molecule is N#Cc1cccc(CS(=O)(=O)N2CCCC[C@@H]2C(=O)O)c1. The number of carboxylic acids is 1. The molecule has 1 fully saturated rings. The number of sulfonamides is 1. The number of carbonyl (C=O) groups is 1. The minimum Gasteiger partial charge on any atom is -0.480 e. The largest absolute Gasteiger partial charge is 0.480 e. The van der Waals surface area contributed by atoms with Crippen LogP contribution in [0.3, 0.4) is 0 Å². The van der Waals surface area contributed by atoms with Gasteiger partial charge < -0.3 is 5.11 Å². The third kappa shape index (κ3) is 3.60. The number of nitriles is 1. The molecule has 21 heavy (non-hydrogen) atoms. The summed E-state index contributed by atoms with van der Waals surface area (Å²) in [6, 6.07) is 7.32. The molecule has 0 spiro atoms. The third-order valence-electron chi connectivity index (χ3n) is 3.50. The lowest BCUT2D eigenvalue weighted by Crippen LogP contribution is -2.48. The number of benzene rings is 1. The molecule has 1 aromatic carbocycles. The van der Waals surface area contributed by atoms with E-state index < -0.39 is 22.0 Å². The molecule has 7 heteroatoms. The fraction of sp³-hybridized carbons (Fsp3) is 0.429. The van der Waals surface area contributed by atoms with Crippen molar-refractivity contribution >= 4 is 16.0 Å². The molecule has 1 aliphatic rings. The summed E-state index contributed by atoms with van der Waals surface area (Å²) in [5, 5.41) is 18.0. The molecular formula is C14H16N2O4S. The van der Waals surface area contributed by atoms with Crippen LogP contribution in [-0.2, 0) is 20.6 Å². The van der Waals surface area contributed by atoms with E-state index >= 15 is 0 Å². The molecule has 1 heterocycles. The van der Waals surface area contributed by atoms with E-state index in [1.165, 1.54) is 6.07 Å². The second-order valence-corrected chi connectivity index (χ2v) is 6.95. The molecule has 0 saturated carbocycles. The lowest BCUT2D eigenvalue weighted by atomic mass is 10.1. The normalized spacial score (nSPS) is 19.9. The molecule has 1 N–H and O–H groups in total. The lowest BCUT2D eigenvalue weighted by Gasteiger charge is -2.31. The molecule has 0 aromatic heterocycles. The molecule has 1 aliphatic heterocycles. The Balaban J connectivity index is 2.24. The van der Waals surface area contributed by atoms with Gasteiger partial charge in [-0.3, -0.25) is 4.79 Å². The number of hydrogen-bond acceptors (Lipinski definition) is 4. The monoisotopic (exact) mass is 308 g/mol. The predicted molar refractivity (Wildman–Crippen MR) is 75.8 cm³/mol. The van der Waals surface area contributed by atoms with E-state index in [9.17, 15) is 18.3 Å². The van der Waals surface area contributed by atoms with Crippen molar-refractivity contribution in [1.82, 2.24) is 4.31 Å². The summed E-state index contributed by atoms with van der Waals surface area (Å²) >= 11 is 0. The Morgan fingerprint density at radius 1 is 1.43 bits per heavy atom. The van der Waals surface area contributed by atoms with Gasteiger partial charge in [0.05, 0.1) is 17.4 Å². The smallest absolute Gasteiger partial charge is 0.322 e. The first-order chi connectivity index (χ1) is 9.94. The lowest BCUT2D eigenvalue weighted by molar-refractivity contribution is -0.142. The molecule has 2 rings (SSSR count). The molecule has 0 radical (unpaired) electrons. The maximum Gasteiger partial charge on any atom is 0.322 e. The van der Waals surface area contributed by atoms with Crippen LogP contribution in [0.25, 0.3) is 0 Å². The molecule has 0 bridgehead atoms. The van der Waals surface area contributed by atoms with Gasteiger partial charge in [0, 0.05) is 6.54 Å². The van der Waals surface area contributed by atoms with Crippen LogP contribution in [0, 0.1) is 11.3 Å². The Bertz CT molecular complexity index is 678. The van der Waals surface area contributed by atoms with Gasteiger partial charge in [-0.1, -0.05) is 12.1 Å². The Kier molecular flexibility index (Phi) is 4.60. The van der Waals surface area contributed by atoms with E-state index in [0.29, 0.717) is 30.4 Å². The van der Waals surface area contributed by atoms with Crippen LogP contribution in [0.15, 0.2) is 24.3 Å². The summed E-state index contributed by atoms with van der Waals surface area (Å²) < 4.78 is 26.0. The van der Waals surface area contributed by atoms with Gasteiger partial charge in [0.15, 0.2) is 0 Å². The molecule has 112 valence electrons. The minimum atomic E-state index is -3.71. The number of rotatable bonds is 4. The van der Waals surface area contributed by atoms with Crippen LogP contribution in [0.5, 0.6) is 0 Å². The Morgan fingerprint density at radius 2 is 2.19 bits per heavy atom. The molecule has 1 atom stereocenters. The van der Waals surface area contributed by atoms with Crippen molar-refractivity contribution in [3.63, 3.8) is 0 Å². The fourth-order valence-corrected chi connectivity index (χ4v) is 4.27. The number of hydrogen-bond donors (Lipinski definition) is 1. The topological polar surface area (TPSA) is 98.5 Å². The van der Waals surface area contributed by atoms with Crippen molar-refractivity contribution in [2.75, 3.05) is 6.54 Å². The zero-order chi connectivity index (χ0) is 15.5. The summed E-state index contributed by atoms with van der Waals surface area (Å²) in [5.41, 5.74) is 0.875. The average Bonchev–Trinajstić information content (AvgIpc) is 2.47. The van der Waals surface area contributed by atoms with Crippen molar-refractivity contribution in [1.29, 1.82) is 5.26 Å². The van der Waals surface area contributed by atoms with Gasteiger partial charge in [-0.2, -0.15) is 9.57 Å². The van der Waals surface area contributed by atoms with E-state index in [0.717, 1.165) is 4.31 Å². The molecular weight excluding hydrogens is 292 g/mol. The quantitative estimate of drug-likeness (QED) is 0.904. The van der Waals surface area contributed by atoms with Crippen LogP contribution >= 0.6 is 0 Å². The van der Waals surface area contributed by atoms with Gasteiger partial charge in [-0.05, 0) is 37.0 Å². The van der Waals surface area contributed by atoms with Gasteiger partial charge in [0.2, 0.25) is 10.0 Å². The first-order valence-electron chi connectivity index (χ1n) is 6.65. The molecule has 1 saturated heterocycles. The van der Waals surface area contributed by atoms with Gasteiger partial charge in [0.25, 0.3) is 0 Å². The van der Waals surface area contributed by atoms with Crippen molar-refractivity contribution in [3.8, 4) is 6.07 Å². The van der Waals surface area contributed by atoms with E-state index in [1.54, 1.807) is 18.2 Å². The number of nitrogens with zero attached hydrogens (tertiary/aromatic N) is 2. The van der Waals surface area contributed by atoms with E-state index in [4.69, 9.17) is 5.26 Å². The highest BCUT2D eigenvalue weighted by molar-refractivity contribution is 7.88. The molecule has 0 amide bonds. The van der Waals surface area contributed by atoms with Crippen molar-refractivity contribution < 1.29 is 18.3 Å².